The van der Waals surface area contributed by atoms with E-state index in [9.17, 15) is 0 Å². The van der Waals surface area contributed by atoms with Gasteiger partial charge in [-0.1, -0.05) is 0 Å². The lowest BCUT2D eigenvalue weighted by Crippen LogP contribution is -2.46. The summed E-state index contributed by atoms with van der Waals surface area (Å²) in [6.07, 6.45) is 4.60. The predicted octanol–water partition coefficient (Wildman–Crippen LogP) is 2.18. The average molecular weight is 355 g/mol. The normalized spacial score (nSPS) is 21.5. The second-order valence-electron chi connectivity index (χ2n) is 7.72. The van der Waals surface area contributed by atoms with Crippen LogP contribution in [0.15, 0.2) is 18.3 Å². The number of anilines is 1. The second kappa shape index (κ2) is 7.37. The molecular formula is C20H30N6. The molecule has 1 N–H and O–H groups in total. The number of rotatable bonds is 4. The van der Waals surface area contributed by atoms with E-state index in [0.29, 0.717) is 6.04 Å². The van der Waals surface area contributed by atoms with Crippen molar-refractivity contribution in [1.82, 2.24) is 25.0 Å². The van der Waals surface area contributed by atoms with Crippen molar-refractivity contribution in [2.75, 3.05) is 37.6 Å². The molecule has 0 saturated carbocycles. The molecule has 4 rings (SSSR count). The summed E-state index contributed by atoms with van der Waals surface area (Å²) in [5.74, 6) is 0. The minimum atomic E-state index is 0.434. The Morgan fingerprint density at radius 3 is 2.62 bits per heavy atom. The van der Waals surface area contributed by atoms with Gasteiger partial charge in [0.2, 0.25) is 0 Å². The highest BCUT2D eigenvalue weighted by Gasteiger charge is 2.22. The summed E-state index contributed by atoms with van der Waals surface area (Å²) in [4.78, 5) is 9.83. The van der Waals surface area contributed by atoms with Crippen molar-refractivity contribution in [3.63, 3.8) is 0 Å². The van der Waals surface area contributed by atoms with Crippen molar-refractivity contribution in [1.29, 1.82) is 0 Å². The molecule has 0 bridgehead atoms. The molecule has 0 aromatic carbocycles. The Labute approximate surface area is 156 Å². The summed E-state index contributed by atoms with van der Waals surface area (Å²) >= 11 is 0. The molecule has 6 heteroatoms. The van der Waals surface area contributed by atoms with Gasteiger partial charge in [-0.3, -0.25) is 14.6 Å². The minimum absolute atomic E-state index is 0.434. The van der Waals surface area contributed by atoms with Crippen LogP contribution in [0, 0.1) is 13.8 Å². The maximum atomic E-state index is 4.78. The Hall–Kier alpha value is -1.92. The molecule has 4 heterocycles. The first-order valence-electron chi connectivity index (χ1n) is 9.77. The lowest BCUT2D eigenvalue weighted by molar-refractivity contribution is 0.249. The maximum absolute atomic E-state index is 4.78. The van der Waals surface area contributed by atoms with Crippen molar-refractivity contribution in [2.45, 2.75) is 39.3 Å². The van der Waals surface area contributed by atoms with Crippen molar-refractivity contribution in [3.8, 4) is 0 Å². The van der Waals surface area contributed by atoms with Crippen molar-refractivity contribution in [2.24, 2.45) is 7.05 Å². The number of nitrogens with one attached hydrogen (secondary N) is 1. The smallest absolute Gasteiger partial charge is 0.0638 e. The first-order valence-corrected chi connectivity index (χ1v) is 9.77. The summed E-state index contributed by atoms with van der Waals surface area (Å²) in [6.45, 7) is 10.6. The number of piperazine rings is 1. The first-order chi connectivity index (χ1) is 12.6. The highest BCUT2D eigenvalue weighted by Crippen LogP contribution is 2.26. The van der Waals surface area contributed by atoms with Gasteiger partial charge in [-0.2, -0.15) is 5.10 Å². The van der Waals surface area contributed by atoms with Crippen LogP contribution in [-0.2, 0) is 13.6 Å². The minimum Gasteiger partial charge on any atom is -0.369 e. The fourth-order valence-corrected chi connectivity index (χ4v) is 4.18. The molecule has 2 aliphatic rings. The van der Waals surface area contributed by atoms with Crippen LogP contribution in [0.2, 0.25) is 0 Å². The van der Waals surface area contributed by atoms with Gasteiger partial charge in [0, 0.05) is 69.0 Å². The molecule has 2 saturated heterocycles. The zero-order valence-electron chi connectivity index (χ0n) is 16.2. The molecule has 2 aromatic rings. The number of hydrogen-bond donors (Lipinski definition) is 1. The maximum Gasteiger partial charge on any atom is 0.0638 e. The van der Waals surface area contributed by atoms with Gasteiger partial charge in [-0.05, 0) is 45.4 Å². The highest BCUT2D eigenvalue weighted by atomic mass is 15.3. The Morgan fingerprint density at radius 2 is 1.96 bits per heavy atom. The van der Waals surface area contributed by atoms with Gasteiger partial charge in [-0.25, -0.2) is 0 Å². The van der Waals surface area contributed by atoms with E-state index in [1.54, 1.807) is 0 Å². The van der Waals surface area contributed by atoms with Gasteiger partial charge in [0.15, 0.2) is 0 Å². The Bertz CT molecular complexity index is 754. The monoisotopic (exact) mass is 354 g/mol. The van der Waals surface area contributed by atoms with E-state index in [1.807, 2.05) is 11.7 Å². The van der Waals surface area contributed by atoms with Crippen LogP contribution in [0.5, 0.6) is 0 Å². The van der Waals surface area contributed by atoms with E-state index >= 15 is 0 Å². The number of aromatic nitrogens is 3. The molecule has 0 amide bonds. The van der Waals surface area contributed by atoms with Gasteiger partial charge in [-0.15, -0.1) is 0 Å². The fraction of sp³-hybridized carbons (Fsp3) is 0.600. The molecule has 26 heavy (non-hydrogen) atoms. The van der Waals surface area contributed by atoms with Crippen LogP contribution in [0.1, 0.15) is 41.5 Å². The van der Waals surface area contributed by atoms with E-state index in [2.05, 4.69) is 52.4 Å². The molecule has 1 atom stereocenters. The molecule has 0 spiro atoms. The molecule has 2 aliphatic heterocycles. The zero-order valence-corrected chi connectivity index (χ0v) is 16.2. The first kappa shape index (κ1) is 17.5. The van der Waals surface area contributed by atoms with Crippen molar-refractivity contribution in [3.05, 3.63) is 41.0 Å². The lowest BCUT2D eigenvalue weighted by Gasteiger charge is -2.36. The van der Waals surface area contributed by atoms with Gasteiger partial charge < -0.3 is 10.2 Å². The molecule has 0 aliphatic carbocycles. The van der Waals surface area contributed by atoms with Gasteiger partial charge in [0.25, 0.3) is 0 Å². The lowest BCUT2D eigenvalue weighted by atomic mass is 10.1. The van der Waals surface area contributed by atoms with Crippen LogP contribution in [0.25, 0.3) is 0 Å². The third-order valence-corrected chi connectivity index (χ3v) is 5.62. The number of aryl methyl sites for hydroxylation is 3. The topological polar surface area (TPSA) is 49.2 Å². The van der Waals surface area contributed by atoms with E-state index in [1.165, 1.54) is 29.8 Å². The summed E-state index contributed by atoms with van der Waals surface area (Å²) in [7, 11) is 2.00. The third kappa shape index (κ3) is 3.76. The zero-order chi connectivity index (χ0) is 18.1. The molecular weight excluding hydrogens is 324 g/mol. The largest absolute Gasteiger partial charge is 0.369 e. The standard InChI is InChI=1S/C20H30N6/c1-15-11-18(12-20(22-15)19-5-4-6-21-19)26-9-7-25(8-10-26)14-17-13-24(3)23-16(17)2/h11-13,19,21H,4-10,14H2,1-3H3/t19-/m1/s1. The molecule has 140 valence electrons. The van der Waals surface area contributed by atoms with Crippen LogP contribution < -0.4 is 10.2 Å². The van der Waals surface area contributed by atoms with Crippen LogP contribution in [0.3, 0.4) is 0 Å². The number of nitrogens with zero attached hydrogens (tertiary/aromatic N) is 5. The van der Waals surface area contributed by atoms with Crippen molar-refractivity contribution >= 4 is 5.69 Å². The second-order valence-corrected chi connectivity index (χ2v) is 7.72. The van der Waals surface area contributed by atoms with E-state index in [0.717, 1.165) is 50.7 Å². The quantitative estimate of drug-likeness (QED) is 0.912. The summed E-state index contributed by atoms with van der Waals surface area (Å²) in [6, 6.07) is 4.97. The third-order valence-electron chi connectivity index (χ3n) is 5.62. The number of pyridine rings is 1. The molecule has 2 aromatic heterocycles. The molecule has 0 unspecified atom stereocenters. The van der Waals surface area contributed by atoms with Crippen LogP contribution in [-0.4, -0.2) is 52.4 Å². The average Bonchev–Trinajstić information content (AvgIpc) is 3.25. The van der Waals surface area contributed by atoms with E-state index < -0.39 is 0 Å². The summed E-state index contributed by atoms with van der Waals surface area (Å²) in [5.41, 5.74) is 6.16. The Morgan fingerprint density at radius 1 is 1.15 bits per heavy atom. The van der Waals surface area contributed by atoms with Gasteiger partial charge in [0.1, 0.15) is 0 Å². The SMILES string of the molecule is Cc1cc(N2CCN(Cc3cn(C)nc3C)CC2)cc([C@H]2CCCN2)n1. The van der Waals surface area contributed by atoms with E-state index in [-0.39, 0.29) is 0 Å². The number of hydrogen-bond acceptors (Lipinski definition) is 5. The molecule has 2 fully saturated rings. The highest BCUT2D eigenvalue weighted by molar-refractivity contribution is 5.49. The summed E-state index contributed by atoms with van der Waals surface area (Å²) < 4.78 is 1.92. The van der Waals surface area contributed by atoms with Crippen LogP contribution >= 0.6 is 0 Å². The van der Waals surface area contributed by atoms with Crippen molar-refractivity contribution < 1.29 is 0 Å². The predicted molar refractivity (Wildman–Crippen MR) is 104 cm³/mol. The van der Waals surface area contributed by atoms with Gasteiger partial charge >= 0.3 is 0 Å². The summed E-state index contributed by atoms with van der Waals surface area (Å²) in [5, 5.41) is 8.04. The molecule has 0 radical (unpaired) electrons. The fourth-order valence-electron chi connectivity index (χ4n) is 4.18. The van der Waals surface area contributed by atoms with Crippen LogP contribution in [0.4, 0.5) is 5.69 Å². The Kier molecular flexibility index (Phi) is 4.96. The Balaban J connectivity index is 1.40. The molecule has 6 nitrogen and oxygen atoms in total. The van der Waals surface area contributed by atoms with Gasteiger partial charge in [0.05, 0.1) is 11.4 Å². The van der Waals surface area contributed by atoms with E-state index in [4.69, 9.17) is 4.98 Å².